The smallest absolute Gasteiger partial charge is 0.741 e. The van der Waals surface area contributed by atoms with Crippen LogP contribution in [-0.2, 0) is 30.2 Å². The molecule has 10 rings (SSSR count). The third-order valence-electron chi connectivity index (χ3n) is 9.67. The van der Waals surface area contributed by atoms with Gasteiger partial charge in [-0.2, -0.15) is 13.2 Å². The van der Waals surface area contributed by atoms with E-state index in [1.165, 1.54) is 31.8 Å². The van der Waals surface area contributed by atoms with Gasteiger partial charge < -0.3 is 14.5 Å². The molecule has 12 heteroatoms. The van der Waals surface area contributed by atoms with Crippen molar-refractivity contribution in [2.45, 2.75) is 5.51 Å². The third-order valence-corrected chi connectivity index (χ3v) is 15.1. The number of rotatable bonds is 8. The van der Waals surface area contributed by atoms with Crippen LogP contribution in [-0.4, -0.2) is 28.4 Å². The number of hydrogen-bond donors (Lipinski definition) is 0. The average molecular weight is 1170 g/mol. The molecular formula is C59H46F3IrN2O3P2S. The molecule has 0 radical (unpaired) electrons. The summed E-state index contributed by atoms with van der Waals surface area (Å²) in [7, 11) is -6.98. The fourth-order valence-corrected chi connectivity index (χ4v) is 11.1. The molecule has 5 nitrogen and oxygen atoms in total. The molecule has 8 aromatic carbocycles. The standard InChI is InChI=1S/2C18H15P.2C11H8N.CHF3O3S.Ir/c2*1-4-10-16(11-5-1)19(17-12-6-2-7-13-17)18-14-8-3-9-15-18;2*1-2-6-10(7-3-1)11-8-4-5-9-12-11;2-1(3,4)8(5,6)7;/h2*1-15H;2*1-6,8-9H;(H,5,6,7);/q;;2*-1;;+3/p-1. The van der Waals surface area contributed by atoms with Crippen molar-refractivity contribution in [3.05, 3.63) is 291 Å². The Morgan fingerprint density at radius 1 is 0.366 bits per heavy atom. The molecule has 2 aromatic heterocycles. The molecule has 0 saturated heterocycles. The summed E-state index contributed by atoms with van der Waals surface area (Å²) in [4.78, 5) is 8.44. The maximum Gasteiger partial charge on any atom is 3.00 e. The van der Waals surface area contributed by atoms with Crippen molar-refractivity contribution < 1.29 is 46.2 Å². The van der Waals surface area contributed by atoms with Gasteiger partial charge in [0.15, 0.2) is 10.1 Å². The van der Waals surface area contributed by atoms with E-state index in [4.69, 9.17) is 13.0 Å². The number of alkyl halides is 3. The zero-order valence-electron chi connectivity index (χ0n) is 37.9. The predicted molar refractivity (Wildman–Crippen MR) is 283 cm³/mol. The van der Waals surface area contributed by atoms with E-state index in [1.807, 2.05) is 84.9 Å². The second-order valence-electron chi connectivity index (χ2n) is 14.6. The molecule has 356 valence electrons. The van der Waals surface area contributed by atoms with Gasteiger partial charge in [-0.05, 0) is 71.2 Å². The van der Waals surface area contributed by atoms with Crippen molar-refractivity contribution in [2.75, 3.05) is 0 Å². The van der Waals surface area contributed by atoms with Crippen LogP contribution >= 0.6 is 15.8 Å². The van der Waals surface area contributed by atoms with Gasteiger partial charge in [0.05, 0.1) is 0 Å². The molecule has 0 saturated carbocycles. The molecule has 0 unspecified atom stereocenters. The molecule has 0 aliphatic heterocycles. The molecule has 0 aliphatic carbocycles. The Kier molecular flexibility index (Phi) is 22.9. The van der Waals surface area contributed by atoms with E-state index in [2.05, 4.69) is 204 Å². The Balaban J connectivity index is 0.000000170. The summed E-state index contributed by atoms with van der Waals surface area (Å²) in [5, 5.41) is 8.39. The molecule has 10 aromatic rings. The second kappa shape index (κ2) is 29.5. The van der Waals surface area contributed by atoms with Crippen LogP contribution in [0.25, 0.3) is 22.5 Å². The molecule has 0 aliphatic rings. The Morgan fingerprint density at radius 3 is 0.775 bits per heavy atom. The van der Waals surface area contributed by atoms with Gasteiger partial charge in [0, 0.05) is 12.4 Å². The van der Waals surface area contributed by atoms with Crippen LogP contribution in [0.4, 0.5) is 13.2 Å². The Labute approximate surface area is 430 Å². The number of halogens is 3. The Morgan fingerprint density at radius 2 is 0.592 bits per heavy atom. The van der Waals surface area contributed by atoms with Crippen LogP contribution < -0.4 is 31.8 Å². The number of pyridine rings is 2. The van der Waals surface area contributed by atoms with E-state index in [1.54, 1.807) is 12.4 Å². The first-order valence-electron chi connectivity index (χ1n) is 21.8. The van der Waals surface area contributed by atoms with Gasteiger partial charge in [-0.15, -0.1) is 71.8 Å². The largest absolute Gasteiger partial charge is 3.00 e. The molecule has 0 bridgehead atoms. The number of hydrogen-bond acceptors (Lipinski definition) is 5. The van der Waals surface area contributed by atoms with Crippen LogP contribution in [0.2, 0.25) is 0 Å². The van der Waals surface area contributed by atoms with E-state index in [0.717, 1.165) is 22.5 Å². The van der Waals surface area contributed by atoms with Crippen molar-refractivity contribution in [2.24, 2.45) is 0 Å². The van der Waals surface area contributed by atoms with Crippen molar-refractivity contribution in [1.82, 2.24) is 9.97 Å². The minimum atomic E-state index is -6.09. The molecule has 0 spiro atoms. The molecular weight excluding hydrogens is 1130 g/mol. The van der Waals surface area contributed by atoms with E-state index in [-0.39, 0.29) is 20.1 Å². The van der Waals surface area contributed by atoms with Crippen LogP contribution in [0.1, 0.15) is 0 Å². The maximum absolute atomic E-state index is 10.7. The first-order chi connectivity index (χ1) is 34.1. The fraction of sp³-hybridized carbons (Fsp3) is 0.0169. The molecule has 71 heavy (non-hydrogen) atoms. The van der Waals surface area contributed by atoms with Gasteiger partial charge >= 0.3 is 25.6 Å². The molecule has 0 fully saturated rings. The zero-order chi connectivity index (χ0) is 49.3. The van der Waals surface area contributed by atoms with Crippen molar-refractivity contribution in [3.8, 4) is 22.5 Å². The van der Waals surface area contributed by atoms with Crippen molar-refractivity contribution >= 4 is 57.8 Å². The summed E-state index contributed by atoms with van der Waals surface area (Å²) >= 11 is 0. The summed E-state index contributed by atoms with van der Waals surface area (Å²) in [6, 6.07) is 98.3. The monoisotopic (exact) mass is 1170 g/mol. The first kappa shape index (κ1) is 55.2. The van der Waals surface area contributed by atoms with Gasteiger partial charge in [-0.3, -0.25) is 0 Å². The van der Waals surface area contributed by atoms with Crippen LogP contribution in [0.15, 0.2) is 279 Å². The predicted octanol–water partition coefficient (Wildman–Crippen LogP) is 12.0. The van der Waals surface area contributed by atoms with Gasteiger partial charge in [0.1, 0.15) is 0 Å². The minimum Gasteiger partial charge on any atom is -0.741 e. The van der Waals surface area contributed by atoms with Gasteiger partial charge in [0.2, 0.25) is 0 Å². The van der Waals surface area contributed by atoms with Crippen LogP contribution in [0.3, 0.4) is 0 Å². The maximum atomic E-state index is 10.7. The van der Waals surface area contributed by atoms with Gasteiger partial charge in [-0.1, -0.05) is 206 Å². The first-order valence-corrected chi connectivity index (χ1v) is 25.9. The quantitative estimate of drug-likeness (QED) is 0.0655. The fourth-order valence-electron chi connectivity index (χ4n) is 6.51. The molecule has 0 N–H and O–H groups in total. The Bertz CT molecular complexity index is 2620. The van der Waals surface area contributed by atoms with Crippen LogP contribution in [0.5, 0.6) is 0 Å². The molecule has 2 heterocycles. The van der Waals surface area contributed by atoms with Crippen molar-refractivity contribution in [1.29, 1.82) is 0 Å². The Hall–Kier alpha value is -6.73. The SMILES string of the molecule is O=S(=O)([O-])C(F)(F)F.[Ir+3].[c-]1ccccc1-c1ccccn1.[c-]1ccccc1-c1ccccn1.c1ccc(P(c2ccccc2)c2ccccc2)cc1.c1ccc(P(c2ccccc2)c2ccccc2)cc1. The minimum absolute atomic E-state index is 0. The third kappa shape index (κ3) is 18.2. The van der Waals surface area contributed by atoms with E-state index in [0.29, 0.717) is 0 Å². The number of aromatic nitrogens is 2. The summed E-state index contributed by atoms with van der Waals surface area (Å²) in [5.41, 5.74) is -1.63. The van der Waals surface area contributed by atoms with E-state index in [9.17, 15) is 13.2 Å². The summed E-state index contributed by atoms with van der Waals surface area (Å²) in [6.45, 7) is 0. The van der Waals surface area contributed by atoms with E-state index >= 15 is 0 Å². The zero-order valence-corrected chi connectivity index (χ0v) is 42.9. The average Bonchev–Trinajstić information content (AvgIpc) is 3.42. The topological polar surface area (TPSA) is 83.0 Å². The molecule has 0 amide bonds. The van der Waals surface area contributed by atoms with Gasteiger partial charge in [0.25, 0.3) is 0 Å². The second-order valence-corrected chi connectivity index (χ2v) is 20.4. The van der Waals surface area contributed by atoms with Crippen molar-refractivity contribution in [3.63, 3.8) is 0 Å². The van der Waals surface area contributed by atoms with Crippen LogP contribution in [0, 0.1) is 12.1 Å². The normalized spacial score (nSPS) is 10.5. The summed E-state index contributed by atoms with van der Waals surface area (Å²) < 4.78 is 58.9. The molecule has 0 atom stereocenters. The summed E-state index contributed by atoms with van der Waals surface area (Å²) in [5.74, 6) is 0. The number of nitrogens with zero attached hydrogens (tertiary/aromatic N) is 2. The number of benzene rings is 8. The van der Waals surface area contributed by atoms with E-state index < -0.39 is 31.5 Å². The summed E-state index contributed by atoms with van der Waals surface area (Å²) in [6.07, 6.45) is 3.58. The van der Waals surface area contributed by atoms with Gasteiger partial charge in [-0.25, -0.2) is 8.42 Å².